The second-order valence-corrected chi connectivity index (χ2v) is 6.10. The van der Waals surface area contributed by atoms with Gasteiger partial charge in [-0.25, -0.2) is 0 Å². The van der Waals surface area contributed by atoms with Crippen molar-refractivity contribution in [3.63, 3.8) is 0 Å². The lowest BCUT2D eigenvalue weighted by Crippen LogP contribution is -2.25. The van der Waals surface area contributed by atoms with Crippen LogP contribution in [0.5, 0.6) is 5.75 Å². The third kappa shape index (κ3) is 2.86. The third-order valence-corrected chi connectivity index (χ3v) is 4.39. The fourth-order valence-electron chi connectivity index (χ4n) is 3.00. The van der Waals surface area contributed by atoms with Crippen LogP contribution in [0.4, 0.5) is 0 Å². The number of benzene rings is 1. The van der Waals surface area contributed by atoms with E-state index in [1.165, 1.54) is 31.2 Å². The van der Waals surface area contributed by atoms with Crippen LogP contribution in [-0.2, 0) is 6.54 Å². The van der Waals surface area contributed by atoms with Crippen molar-refractivity contribution >= 4 is 0 Å². The zero-order chi connectivity index (χ0) is 12.5. The molecule has 0 aliphatic heterocycles. The molecule has 2 saturated carbocycles. The van der Waals surface area contributed by atoms with Crippen LogP contribution in [0.2, 0.25) is 0 Å². The van der Waals surface area contributed by atoms with Crippen LogP contribution >= 0.6 is 0 Å². The first kappa shape index (κ1) is 12.0. The van der Waals surface area contributed by atoms with E-state index in [2.05, 4.69) is 18.3 Å². The van der Waals surface area contributed by atoms with Crippen molar-refractivity contribution in [3.05, 3.63) is 29.3 Å². The second-order valence-electron chi connectivity index (χ2n) is 6.10. The Kier molecular flexibility index (Phi) is 3.29. The summed E-state index contributed by atoms with van der Waals surface area (Å²) in [5.41, 5.74) is 2.24. The Hall–Kier alpha value is -1.02. The first-order valence-corrected chi connectivity index (χ1v) is 7.23. The van der Waals surface area contributed by atoms with E-state index in [4.69, 9.17) is 0 Å². The second kappa shape index (κ2) is 4.93. The van der Waals surface area contributed by atoms with Gasteiger partial charge in [0.1, 0.15) is 5.75 Å². The molecule has 18 heavy (non-hydrogen) atoms. The number of aryl methyl sites for hydroxylation is 1. The van der Waals surface area contributed by atoms with Crippen LogP contribution < -0.4 is 5.32 Å². The predicted octanol–water partition coefficient (Wildman–Crippen LogP) is 3.23. The average Bonchev–Trinajstić information content (AvgIpc) is 3.22. The maximum absolute atomic E-state index is 9.80. The highest BCUT2D eigenvalue weighted by atomic mass is 16.3. The first-order chi connectivity index (χ1) is 8.74. The summed E-state index contributed by atoms with van der Waals surface area (Å²) < 4.78 is 0. The molecule has 1 aromatic carbocycles. The van der Waals surface area contributed by atoms with E-state index < -0.39 is 0 Å². The van der Waals surface area contributed by atoms with Gasteiger partial charge in [0, 0.05) is 12.1 Å². The molecule has 0 spiro atoms. The quantitative estimate of drug-likeness (QED) is 0.806. The SMILES string of the molecule is Cc1ccc(O)c(CNCC(C2CC2)C2CC2)c1. The minimum atomic E-state index is 0.419. The molecule has 2 heteroatoms. The van der Waals surface area contributed by atoms with Gasteiger partial charge in [-0.3, -0.25) is 0 Å². The van der Waals surface area contributed by atoms with Gasteiger partial charge in [-0.05, 0) is 63.0 Å². The number of hydrogen-bond acceptors (Lipinski definition) is 2. The number of rotatable bonds is 6. The van der Waals surface area contributed by atoms with Crippen LogP contribution in [0.1, 0.15) is 36.8 Å². The summed E-state index contributed by atoms with van der Waals surface area (Å²) in [7, 11) is 0. The summed E-state index contributed by atoms with van der Waals surface area (Å²) >= 11 is 0. The van der Waals surface area contributed by atoms with E-state index in [1.54, 1.807) is 6.07 Å². The average molecular weight is 245 g/mol. The lowest BCUT2D eigenvalue weighted by molar-refractivity contribution is 0.376. The van der Waals surface area contributed by atoms with Crippen LogP contribution in [0.15, 0.2) is 18.2 Å². The highest BCUT2D eigenvalue weighted by molar-refractivity contribution is 5.35. The Balaban J connectivity index is 1.52. The molecule has 1 aromatic rings. The molecule has 0 radical (unpaired) electrons. The molecule has 0 bridgehead atoms. The molecule has 0 unspecified atom stereocenters. The highest BCUT2D eigenvalue weighted by Gasteiger charge is 2.40. The van der Waals surface area contributed by atoms with E-state index in [1.807, 2.05) is 6.07 Å². The number of aromatic hydroxyl groups is 1. The molecule has 0 atom stereocenters. The van der Waals surface area contributed by atoms with Crippen molar-refractivity contribution in [2.75, 3.05) is 6.54 Å². The van der Waals surface area contributed by atoms with Crippen molar-refractivity contribution < 1.29 is 5.11 Å². The zero-order valence-electron chi connectivity index (χ0n) is 11.2. The molecular formula is C16H23NO. The summed E-state index contributed by atoms with van der Waals surface area (Å²) in [4.78, 5) is 0. The van der Waals surface area contributed by atoms with Gasteiger partial charge in [0.15, 0.2) is 0 Å². The topological polar surface area (TPSA) is 32.3 Å². The highest BCUT2D eigenvalue weighted by Crippen LogP contribution is 2.48. The molecule has 2 nitrogen and oxygen atoms in total. The lowest BCUT2D eigenvalue weighted by Gasteiger charge is -2.16. The van der Waals surface area contributed by atoms with Crippen molar-refractivity contribution in [2.45, 2.75) is 39.2 Å². The van der Waals surface area contributed by atoms with E-state index in [-0.39, 0.29) is 0 Å². The van der Waals surface area contributed by atoms with Crippen LogP contribution in [0.3, 0.4) is 0 Å². The van der Waals surface area contributed by atoms with Gasteiger partial charge in [-0.2, -0.15) is 0 Å². The van der Waals surface area contributed by atoms with Gasteiger partial charge in [0.25, 0.3) is 0 Å². The molecule has 2 fully saturated rings. The molecule has 2 aliphatic rings. The maximum atomic E-state index is 9.80. The van der Waals surface area contributed by atoms with Gasteiger partial charge in [0.05, 0.1) is 0 Å². The summed E-state index contributed by atoms with van der Waals surface area (Å²) in [6, 6.07) is 5.83. The van der Waals surface area contributed by atoms with Gasteiger partial charge < -0.3 is 10.4 Å². The minimum absolute atomic E-state index is 0.419. The maximum Gasteiger partial charge on any atom is 0.120 e. The first-order valence-electron chi connectivity index (χ1n) is 7.23. The molecule has 2 N–H and O–H groups in total. The van der Waals surface area contributed by atoms with Crippen molar-refractivity contribution in [1.82, 2.24) is 5.32 Å². The van der Waals surface area contributed by atoms with Gasteiger partial charge in [-0.15, -0.1) is 0 Å². The molecule has 0 saturated heterocycles. The van der Waals surface area contributed by atoms with Crippen molar-refractivity contribution in [3.8, 4) is 5.75 Å². The Bertz CT molecular complexity index is 409. The molecule has 3 rings (SSSR count). The molecule has 2 aliphatic carbocycles. The summed E-state index contributed by atoms with van der Waals surface area (Å²) in [6.45, 7) is 3.99. The standard InChI is InChI=1S/C16H23NO/c1-11-2-7-16(18)14(8-11)9-17-10-15(12-3-4-12)13-5-6-13/h2,7-8,12-13,15,17-18H,3-6,9-10H2,1H3. The zero-order valence-corrected chi connectivity index (χ0v) is 11.2. The van der Waals surface area contributed by atoms with Crippen molar-refractivity contribution in [2.24, 2.45) is 17.8 Å². The summed E-state index contributed by atoms with van der Waals surface area (Å²) in [6.07, 6.45) is 5.77. The molecule has 0 amide bonds. The number of hydrogen-bond donors (Lipinski definition) is 2. The van der Waals surface area contributed by atoms with Crippen molar-refractivity contribution in [1.29, 1.82) is 0 Å². The van der Waals surface area contributed by atoms with Crippen LogP contribution in [0, 0.1) is 24.7 Å². The fourth-order valence-corrected chi connectivity index (χ4v) is 3.00. The predicted molar refractivity (Wildman–Crippen MR) is 73.5 cm³/mol. The lowest BCUT2D eigenvalue weighted by atomic mass is 9.98. The Morgan fingerprint density at radius 2 is 1.89 bits per heavy atom. The molecular weight excluding hydrogens is 222 g/mol. The largest absolute Gasteiger partial charge is 0.508 e. The molecule has 0 heterocycles. The van der Waals surface area contributed by atoms with E-state index in [9.17, 15) is 5.11 Å². The summed E-state index contributed by atoms with van der Waals surface area (Å²) in [5, 5.41) is 13.4. The minimum Gasteiger partial charge on any atom is -0.508 e. The Morgan fingerprint density at radius 3 is 2.50 bits per heavy atom. The van der Waals surface area contributed by atoms with E-state index in [0.717, 1.165) is 36.4 Å². The van der Waals surface area contributed by atoms with Crippen LogP contribution in [-0.4, -0.2) is 11.7 Å². The van der Waals surface area contributed by atoms with Gasteiger partial charge in [0.2, 0.25) is 0 Å². The van der Waals surface area contributed by atoms with Crippen LogP contribution in [0.25, 0.3) is 0 Å². The fraction of sp³-hybridized carbons (Fsp3) is 0.625. The van der Waals surface area contributed by atoms with Gasteiger partial charge in [-0.1, -0.05) is 17.7 Å². The normalized spacial score (nSPS) is 19.4. The Labute approximate surface area is 109 Å². The smallest absolute Gasteiger partial charge is 0.120 e. The molecule has 98 valence electrons. The summed E-state index contributed by atoms with van der Waals surface area (Å²) in [5.74, 6) is 3.31. The number of nitrogens with one attached hydrogen (secondary N) is 1. The van der Waals surface area contributed by atoms with E-state index in [0.29, 0.717) is 5.75 Å². The third-order valence-electron chi connectivity index (χ3n) is 4.39. The number of phenolic OH excluding ortho intramolecular Hbond substituents is 1. The van der Waals surface area contributed by atoms with E-state index >= 15 is 0 Å². The Morgan fingerprint density at radius 1 is 1.22 bits per heavy atom. The molecule has 0 aromatic heterocycles. The number of phenols is 1. The van der Waals surface area contributed by atoms with Gasteiger partial charge >= 0.3 is 0 Å². The monoisotopic (exact) mass is 245 g/mol.